The standard InChI is InChI=1S/C22H20F4N4O5S/c1-34-19-3-2-14(23)10-16(19)15-4-7-27-20-17(15)11-18(28-20)13-5-8-30(9-6-13)36(32,33)29-21(31)35-12-22(24,25)26/h2-5,7,10-11H,6,8-9,12H2,1H3,(H,27,28)(H,29,31). The lowest BCUT2D eigenvalue weighted by molar-refractivity contribution is -0.160. The van der Waals surface area contributed by atoms with Crippen LogP contribution >= 0.6 is 0 Å². The number of nitrogens with zero attached hydrogens (tertiary/aromatic N) is 2. The zero-order valence-electron chi connectivity index (χ0n) is 18.7. The predicted octanol–water partition coefficient (Wildman–Crippen LogP) is 4.00. The van der Waals surface area contributed by atoms with Gasteiger partial charge in [0.2, 0.25) is 0 Å². The third-order valence-electron chi connectivity index (χ3n) is 5.42. The molecule has 0 fully saturated rings. The van der Waals surface area contributed by atoms with Gasteiger partial charge in [0.05, 0.1) is 7.11 Å². The molecule has 0 aliphatic carbocycles. The van der Waals surface area contributed by atoms with Crippen molar-refractivity contribution in [3.63, 3.8) is 0 Å². The van der Waals surface area contributed by atoms with Gasteiger partial charge in [-0.1, -0.05) is 6.08 Å². The van der Waals surface area contributed by atoms with Crippen LogP contribution in [0.2, 0.25) is 0 Å². The minimum absolute atomic E-state index is 0.0406. The highest BCUT2D eigenvalue weighted by Crippen LogP contribution is 2.36. The van der Waals surface area contributed by atoms with Gasteiger partial charge in [-0.3, -0.25) is 0 Å². The number of fused-ring (bicyclic) bond motifs is 1. The Bertz CT molecular complexity index is 1440. The number of carbonyl (C=O) groups is 1. The van der Waals surface area contributed by atoms with Crippen LogP contribution in [0.3, 0.4) is 0 Å². The molecule has 2 aromatic heterocycles. The average molecular weight is 528 g/mol. The Morgan fingerprint density at radius 1 is 1.22 bits per heavy atom. The number of methoxy groups -OCH3 is 1. The Kier molecular flexibility index (Phi) is 6.91. The summed E-state index contributed by atoms with van der Waals surface area (Å²) in [7, 11) is -2.93. The summed E-state index contributed by atoms with van der Waals surface area (Å²) in [5.41, 5.74) is 3.17. The zero-order chi connectivity index (χ0) is 26.1. The van der Waals surface area contributed by atoms with E-state index in [-0.39, 0.29) is 19.5 Å². The average Bonchev–Trinajstić information content (AvgIpc) is 3.27. The molecule has 3 aromatic rings. The van der Waals surface area contributed by atoms with Crippen LogP contribution in [-0.2, 0) is 14.9 Å². The highest BCUT2D eigenvalue weighted by Gasteiger charge is 2.32. The van der Waals surface area contributed by atoms with E-state index in [2.05, 4.69) is 14.7 Å². The maximum absolute atomic E-state index is 13.9. The molecule has 36 heavy (non-hydrogen) atoms. The van der Waals surface area contributed by atoms with Crippen molar-refractivity contribution in [2.75, 3.05) is 26.8 Å². The van der Waals surface area contributed by atoms with Crippen molar-refractivity contribution in [3.8, 4) is 16.9 Å². The van der Waals surface area contributed by atoms with Crippen LogP contribution < -0.4 is 9.46 Å². The fourth-order valence-corrected chi connectivity index (χ4v) is 4.79. The number of aromatic amines is 1. The number of nitrogens with one attached hydrogen (secondary N) is 2. The molecule has 0 bridgehead atoms. The van der Waals surface area contributed by atoms with Crippen LogP contribution in [0.25, 0.3) is 27.7 Å². The first-order chi connectivity index (χ1) is 17.0. The van der Waals surface area contributed by atoms with E-state index in [0.717, 1.165) is 9.88 Å². The molecule has 1 aromatic carbocycles. The van der Waals surface area contributed by atoms with Gasteiger partial charge in [0, 0.05) is 35.9 Å². The molecule has 0 unspecified atom stereocenters. The molecule has 9 nitrogen and oxygen atoms in total. The van der Waals surface area contributed by atoms with Crippen molar-refractivity contribution in [3.05, 3.63) is 54.1 Å². The highest BCUT2D eigenvalue weighted by molar-refractivity contribution is 7.87. The fourth-order valence-electron chi connectivity index (χ4n) is 3.79. The molecule has 0 saturated carbocycles. The summed E-state index contributed by atoms with van der Waals surface area (Å²) >= 11 is 0. The number of benzene rings is 1. The van der Waals surface area contributed by atoms with Gasteiger partial charge < -0.3 is 14.5 Å². The predicted molar refractivity (Wildman–Crippen MR) is 122 cm³/mol. The van der Waals surface area contributed by atoms with Crippen molar-refractivity contribution in [2.45, 2.75) is 12.6 Å². The van der Waals surface area contributed by atoms with Crippen molar-refractivity contribution in [1.29, 1.82) is 0 Å². The minimum atomic E-state index is -4.78. The van der Waals surface area contributed by atoms with Crippen LogP contribution in [0.15, 0.2) is 42.6 Å². The quantitative estimate of drug-likeness (QED) is 0.468. The summed E-state index contributed by atoms with van der Waals surface area (Å²) in [5.74, 6) is 0.0457. The number of hydrogen-bond donors (Lipinski definition) is 2. The molecule has 1 amide bonds. The third-order valence-corrected chi connectivity index (χ3v) is 6.86. The van der Waals surface area contributed by atoms with Crippen molar-refractivity contribution in [1.82, 2.24) is 19.0 Å². The number of pyridine rings is 1. The molecule has 0 saturated heterocycles. The molecule has 4 rings (SSSR count). The molecule has 1 aliphatic rings. The second kappa shape index (κ2) is 9.78. The zero-order valence-corrected chi connectivity index (χ0v) is 19.5. The van der Waals surface area contributed by atoms with E-state index < -0.39 is 34.9 Å². The first kappa shape index (κ1) is 25.4. The van der Waals surface area contributed by atoms with Gasteiger partial charge in [0.1, 0.15) is 17.2 Å². The molecular formula is C22H20F4N4O5S. The largest absolute Gasteiger partial charge is 0.496 e. The van der Waals surface area contributed by atoms with Gasteiger partial charge in [-0.2, -0.15) is 25.9 Å². The number of ether oxygens (including phenoxy) is 2. The minimum Gasteiger partial charge on any atom is -0.496 e. The second-order valence-corrected chi connectivity index (χ2v) is 9.45. The number of aromatic nitrogens is 2. The number of hydrogen-bond acceptors (Lipinski definition) is 6. The third kappa shape index (κ3) is 5.60. The monoisotopic (exact) mass is 528 g/mol. The molecular weight excluding hydrogens is 508 g/mol. The molecule has 1 aliphatic heterocycles. The smallest absolute Gasteiger partial charge is 0.422 e. The summed E-state index contributed by atoms with van der Waals surface area (Å²) in [6, 6.07) is 7.71. The lowest BCUT2D eigenvalue weighted by atomic mass is 10.0. The Morgan fingerprint density at radius 3 is 2.67 bits per heavy atom. The van der Waals surface area contributed by atoms with E-state index in [1.54, 1.807) is 18.3 Å². The van der Waals surface area contributed by atoms with Gasteiger partial charge in [-0.05, 0) is 47.9 Å². The summed E-state index contributed by atoms with van der Waals surface area (Å²) in [6.45, 7) is -2.08. The molecule has 14 heteroatoms. The molecule has 192 valence electrons. The molecule has 0 radical (unpaired) electrons. The lowest BCUT2D eigenvalue weighted by Gasteiger charge is -2.25. The first-order valence-corrected chi connectivity index (χ1v) is 11.9. The van der Waals surface area contributed by atoms with Gasteiger partial charge in [-0.25, -0.2) is 18.9 Å². The Balaban J connectivity index is 1.53. The number of carbonyl (C=O) groups excluding carboxylic acids is 1. The van der Waals surface area contributed by atoms with Crippen LogP contribution in [-0.4, -0.2) is 61.8 Å². The van der Waals surface area contributed by atoms with Crippen LogP contribution in [0, 0.1) is 5.82 Å². The van der Waals surface area contributed by atoms with E-state index in [9.17, 15) is 30.8 Å². The Morgan fingerprint density at radius 2 is 2.00 bits per heavy atom. The fraction of sp³-hybridized carbons (Fsp3) is 0.273. The number of alkyl halides is 3. The Hall–Kier alpha value is -3.65. The van der Waals surface area contributed by atoms with Gasteiger partial charge >= 0.3 is 22.5 Å². The van der Waals surface area contributed by atoms with Crippen molar-refractivity contribution >= 4 is 32.9 Å². The van der Waals surface area contributed by atoms with E-state index in [4.69, 9.17) is 4.74 Å². The molecule has 2 N–H and O–H groups in total. The topological polar surface area (TPSA) is 114 Å². The molecule has 3 heterocycles. The second-order valence-electron chi connectivity index (χ2n) is 7.78. The highest BCUT2D eigenvalue weighted by atomic mass is 32.2. The normalized spacial score (nSPS) is 15.0. The first-order valence-electron chi connectivity index (χ1n) is 10.5. The van der Waals surface area contributed by atoms with Crippen LogP contribution in [0.1, 0.15) is 12.1 Å². The molecule has 0 spiro atoms. The van der Waals surface area contributed by atoms with E-state index in [1.807, 2.05) is 6.07 Å². The van der Waals surface area contributed by atoms with Gasteiger partial charge in [0.15, 0.2) is 6.61 Å². The summed E-state index contributed by atoms with van der Waals surface area (Å²) < 4.78 is 86.7. The number of H-pyrrole nitrogens is 1. The number of rotatable bonds is 6. The number of amides is 1. The lowest BCUT2D eigenvalue weighted by Crippen LogP contribution is -2.45. The summed E-state index contributed by atoms with van der Waals surface area (Å²) in [4.78, 5) is 18.9. The summed E-state index contributed by atoms with van der Waals surface area (Å²) in [6.07, 6.45) is -3.09. The van der Waals surface area contributed by atoms with E-state index in [1.165, 1.54) is 30.0 Å². The maximum atomic E-state index is 13.9. The number of halogens is 4. The Labute approximate surface area is 202 Å². The van der Waals surface area contributed by atoms with Crippen molar-refractivity contribution in [2.24, 2.45) is 0 Å². The van der Waals surface area contributed by atoms with Crippen LogP contribution in [0.5, 0.6) is 5.75 Å². The summed E-state index contributed by atoms with van der Waals surface area (Å²) in [5, 5.41) is 0.696. The van der Waals surface area contributed by atoms with Crippen molar-refractivity contribution < 1.29 is 40.2 Å². The van der Waals surface area contributed by atoms with Gasteiger partial charge in [-0.15, -0.1) is 0 Å². The SMILES string of the molecule is COc1ccc(F)cc1-c1ccnc2[nH]c(C3=CCN(S(=O)(=O)NC(=O)OCC(F)(F)F)CC3)cc12. The van der Waals surface area contributed by atoms with Gasteiger partial charge in [0.25, 0.3) is 0 Å². The van der Waals surface area contributed by atoms with Crippen LogP contribution in [0.4, 0.5) is 22.4 Å². The van der Waals surface area contributed by atoms with E-state index >= 15 is 0 Å². The van der Waals surface area contributed by atoms with E-state index in [0.29, 0.717) is 33.6 Å². The molecule has 0 atom stereocenters. The maximum Gasteiger partial charge on any atom is 0.422 e.